The molecule has 0 aromatic heterocycles. The van der Waals surface area contributed by atoms with E-state index in [0.29, 0.717) is 12.0 Å². The molecule has 0 aliphatic heterocycles. The second kappa shape index (κ2) is 4.16. The van der Waals surface area contributed by atoms with Crippen molar-refractivity contribution >= 4 is 11.5 Å². The largest absolute Gasteiger partial charge is 0.508 e. The fraction of sp³-hybridized carbons (Fsp3) is 0.400. The number of aromatic hydroxyl groups is 1. The van der Waals surface area contributed by atoms with Crippen LogP contribution in [-0.4, -0.2) is 16.2 Å². The zero-order chi connectivity index (χ0) is 13.5. The number of fused-ring (bicyclic) bond motifs is 1. The molecule has 0 radical (unpaired) electrons. The third kappa shape index (κ3) is 2.13. The summed E-state index contributed by atoms with van der Waals surface area (Å²) in [5.41, 5.74) is 3.05. The molecule has 0 saturated carbocycles. The maximum atomic E-state index is 11.4. The van der Waals surface area contributed by atoms with Gasteiger partial charge in [0.1, 0.15) is 5.75 Å². The highest BCUT2D eigenvalue weighted by atomic mass is 16.4. The van der Waals surface area contributed by atoms with Gasteiger partial charge in [0.15, 0.2) is 0 Å². The number of aryl methyl sites for hydroxylation is 1. The van der Waals surface area contributed by atoms with Crippen molar-refractivity contribution in [3.8, 4) is 5.75 Å². The summed E-state index contributed by atoms with van der Waals surface area (Å²) in [7, 11) is 0. The van der Waals surface area contributed by atoms with Gasteiger partial charge in [-0.1, -0.05) is 26.8 Å². The van der Waals surface area contributed by atoms with Crippen LogP contribution in [0, 0.1) is 5.41 Å². The number of carboxylic acids is 1. The molecule has 0 spiro atoms. The lowest BCUT2D eigenvalue weighted by Crippen LogP contribution is -2.20. The van der Waals surface area contributed by atoms with Gasteiger partial charge in [-0.15, -0.1) is 0 Å². The second-order valence-electron chi connectivity index (χ2n) is 5.75. The third-order valence-electron chi connectivity index (χ3n) is 3.32. The van der Waals surface area contributed by atoms with Gasteiger partial charge in [-0.25, -0.2) is 4.79 Å². The third-order valence-corrected chi connectivity index (χ3v) is 3.32. The Balaban J connectivity index is 2.72. The maximum absolute atomic E-state index is 11.4. The van der Waals surface area contributed by atoms with Crippen molar-refractivity contribution in [1.29, 1.82) is 0 Å². The summed E-state index contributed by atoms with van der Waals surface area (Å²) in [6.07, 6.45) is 1.27. The number of allylic oxidation sites excluding steroid dienone is 1. The second-order valence-corrected chi connectivity index (χ2v) is 5.75. The summed E-state index contributed by atoms with van der Waals surface area (Å²) in [4.78, 5) is 11.4. The Morgan fingerprint density at radius 1 is 1.22 bits per heavy atom. The summed E-state index contributed by atoms with van der Waals surface area (Å²) in [6, 6.07) is 5.22. The van der Waals surface area contributed by atoms with E-state index < -0.39 is 5.97 Å². The minimum absolute atomic E-state index is 0.183. The van der Waals surface area contributed by atoms with E-state index in [4.69, 9.17) is 0 Å². The summed E-state index contributed by atoms with van der Waals surface area (Å²) >= 11 is 0. The molecule has 2 N–H and O–H groups in total. The van der Waals surface area contributed by atoms with Crippen molar-refractivity contribution in [1.82, 2.24) is 0 Å². The number of hydrogen-bond donors (Lipinski definition) is 2. The highest BCUT2D eigenvalue weighted by molar-refractivity contribution is 5.99. The fourth-order valence-corrected chi connectivity index (χ4v) is 2.63. The molecule has 2 rings (SSSR count). The Labute approximate surface area is 107 Å². The molecule has 0 fully saturated rings. The van der Waals surface area contributed by atoms with Gasteiger partial charge in [-0.3, -0.25) is 0 Å². The van der Waals surface area contributed by atoms with E-state index in [0.717, 1.165) is 23.1 Å². The van der Waals surface area contributed by atoms with Gasteiger partial charge in [0, 0.05) is 5.57 Å². The fourth-order valence-electron chi connectivity index (χ4n) is 2.63. The molecule has 0 amide bonds. The number of carbonyl (C=O) groups is 1. The Hall–Kier alpha value is -1.77. The van der Waals surface area contributed by atoms with E-state index in [-0.39, 0.29) is 11.2 Å². The van der Waals surface area contributed by atoms with E-state index in [2.05, 4.69) is 0 Å². The maximum Gasteiger partial charge on any atom is 0.331 e. The van der Waals surface area contributed by atoms with Crippen LogP contribution in [-0.2, 0) is 11.2 Å². The van der Waals surface area contributed by atoms with Gasteiger partial charge < -0.3 is 10.2 Å². The number of aliphatic carboxylic acids is 1. The molecule has 3 heteroatoms. The van der Waals surface area contributed by atoms with Crippen LogP contribution in [0.3, 0.4) is 0 Å². The summed E-state index contributed by atoms with van der Waals surface area (Å²) in [6.45, 7) is 6.01. The standard InChI is InChI=1S/C15H18O3/c1-15(2,3)13-11(14(17)18)7-5-9-4-6-10(16)8-12(9)13/h4,6,8,16H,5,7H2,1-3H3,(H,17,18). The molecule has 1 aromatic carbocycles. The monoisotopic (exact) mass is 246 g/mol. The van der Waals surface area contributed by atoms with Crippen LogP contribution in [0.4, 0.5) is 0 Å². The zero-order valence-corrected chi connectivity index (χ0v) is 10.9. The van der Waals surface area contributed by atoms with Gasteiger partial charge in [-0.2, -0.15) is 0 Å². The smallest absolute Gasteiger partial charge is 0.331 e. The van der Waals surface area contributed by atoms with Crippen LogP contribution in [0.5, 0.6) is 5.75 Å². The molecule has 3 nitrogen and oxygen atoms in total. The van der Waals surface area contributed by atoms with Crippen LogP contribution in [0.2, 0.25) is 0 Å². The van der Waals surface area contributed by atoms with E-state index in [1.165, 1.54) is 0 Å². The quantitative estimate of drug-likeness (QED) is 0.799. The minimum atomic E-state index is -0.853. The Morgan fingerprint density at radius 3 is 2.44 bits per heavy atom. The lowest BCUT2D eigenvalue weighted by molar-refractivity contribution is -0.132. The molecular weight excluding hydrogens is 228 g/mol. The molecule has 1 aliphatic carbocycles. The van der Waals surface area contributed by atoms with Crippen LogP contribution >= 0.6 is 0 Å². The number of phenols is 1. The summed E-state index contributed by atoms with van der Waals surface area (Å²) in [5.74, 6) is -0.670. The van der Waals surface area contributed by atoms with Gasteiger partial charge in [0.25, 0.3) is 0 Å². The van der Waals surface area contributed by atoms with Crippen molar-refractivity contribution in [2.24, 2.45) is 5.41 Å². The van der Waals surface area contributed by atoms with Gasteiger partial charge in [0.05, 0.1) is 0 Å². The highest BCUT2D eigenvalue weighted by Gasteiger charge is 2.30. The molecule has 1 aromatic rings. The number of rotatable bonds is 1. The van der Waals surface area contributed by atoms with Crippen molar-refractivity contribution in [3.05, 3.63) is 34.9 Å². The van der Waals surface area contributed by atoms with Crippen LogP contribution in [0.25, 0.3) is 5.57 Å². The average molecular weight is 246 g/mol. The lowest BCUT2D eigenvalue weighted by Gasteiger charge is -2.31. The molecule has 18 heavy (non-hydrogen) atoms. The molecule has 0 atom stereocenters. The predicted molar refractivity (Wildman–Crippen MR) is 70.4 cm³/mol. The van der Waals surface area contributed by atoms with E-state index in [1.54, 1.807) is 12.1 Å². The normalized spacial score (nSPS) is 15.5. The Bertz CT molecular complexity index is 533. The molecule has 0 saturated heterocycles. The highest BCUT2D eigenvalue weighted by Crippen LogP contribution is 2.43. The van der Waals surface area contributed by atoms with Crippen molar-refractivity contribution in [2.75, 3.05) is 0 Å². The summed E-state index contributed by atoms with van der Waals surface area (Å²) < 4.78 is 0. The Morgan fingerprint density at radius 2 is 1.89 bits per heavy atom. The summed E-state index contributed by atoms with van der Waals surface area (Å²) in [5, 5.41) is 19.0. The van der Waals surface area contributed by atoms with E-state index in [1.807, 2.05) is 26.8 Å². The van der Waals surface area contributed by atoms with Crippen molar-refractivity contribution in [2.45, 2.75) is 33.6 Å². The minimum Gasteiger partial charge on any atom is -0.508 e. The van der Waals surface area contributed by atoms with Gasteiger partial charge in [-0.05, 0) is 47.1 Å². The predicted octanol–water partition coefficient (Wildman–Crippen LogP) is 3.22. The van der Waals surface area contributed by atoms with Gasteiger partial charge in [0.2, 0.25) is 0 Å². The first kappa shape index (κ1) is 12.7. The topological polar surface area (TPSA) is 57.5 Å². The molecule has 0 bridgehead atoms. The van der Waals surface area contributed by atoms with Crippen LogP contribution in [0.15, 0.2) is 23.8 Å². The van der Waals surface area contributed by atoms with Crippen LogP contribution in [0.1, 0.15) is 38.3 Å². The zero-order valence-electron chi connectivity index (χ0n) is 10.9. The Kier molecular flexibility index (Phi) is 2.93. The number of phenolic OH excluding ortho intramolecular Hbond substituents is 1. The molecule has 0 heterocycles. The first-order chi connectivity index (χ1) is 8.30. The number of benzene rings is 1. The molecular formula is C15H18O3. The molecule has 0 unspecified atom stereocenters. The van der Waals surface area contributed by atoms with Crippen molar-refractivity contribution < 1.29 is 15.0 Å². The number of carboxylic acid groups (broad SMARTS) is 1. The molecule has 1 aliphatic rings. The molecule has 96 valence electrons. The lowest BCUT2D eigenvalue weighted by atomic mass is 9.73. The first-order valence-electron chi connectivity index (χ1n) is 6.10. The van der Waals surface area contributed by atoms with E-state index >= 15 is 0 Å². The SMILES string of the molecule is CC(C)(C)C1=C(C(=O)O)CCc2ccc(O)cc21. The van der Waals surface area contributed by atoms with Crippen molar-refractivity contribution in [3.63, 3.8) is 0 Å². The average Bonchev–Trinajstić information content (AvgIpc) is 2.25. The van der Waals surface area contributed by atoms with E-state index in [9.17, 15) is 15.0 Å². The number of hydrogen-bond acceptors (Lipinski definition) is 2. The van der Waals surface area contributed by atoms with Crippen LogP contribution < -0.4 is 0 Å². The van der Waals surface area contributed by atoms with Gasteiger partial charge >= 0.3 is 5.97 Å². The first-order valence-corrected chi connectivity index (χ1v) is 6.10.